The number of nitrogens with one attached hydrogen (secondary N) is 1. The van der Waals surface area contributed by atoms with Gasteiger partial charge in [-0.15, -0.1) is 0 Å². The Bertz CT molecular complexity index is 456. The first-order chi connectivity index (χ1) is 9.37. The minimum Gasteiger partial charge on any atom is -0.493 e. The molecule has 0 aliphatic heterocycles. The molecule has 0 aromatic heterocycles. The van der Waals surface area contributed by atoms with Crippen LogP contribution in [0.1, 0.15) is 38.3 Å². The molecule has 0 aliphatic carbocycles. The molecule has 4 heteroatoms. The summed E-state index contributed by atoms with van der Waals surface area (Å²) in [6.45, 7) is 10.3. The van der Waals surface area contributed by atoms with Crippen molar-refractivity contribution in [3.05, 3.63) is 23.3 Å². The van der Waals surface area contributed by atoms with Crippen molar-refractivity contribution in [3.8, 4) is 5.75 Å². The lowest BCUT2D eigenvalue weighted by Gasteiger charge is -2.25. The maximum atomic E-state index is 12.3. The minimum absolute atomic E-state index is 0.134. The van der Waals surface area contributed by atoms with E-state index >= 15 is 0 Å². The molecular formula is C16H25NO3. The largest absolute Gasteiger partial charge is 0.493 e. The average molecular weight is 279 g/mol. The lowest BCUT2D eigenvalue weighted by Crippen LogP contribution is -2.41. The van der Waals surface area contributed by atoms with Crippen LogP contribution in [-0.2, 0) is 9.53 Å². The van der Waals surface area contributed by atoms with E-state index in [0.717, 1.165) is 22.6 Å². The Morgan fingerprint density at radius 3 is 2.20 bits per heavy atom. The molecule has 4 nitrogen and oxygen atoms in total. The third-order valence-corrected chi connectivity index (χ3v) is 3.61. The molecule has 0 bridgehead atoms. The zero-order chi connectivity index (χ0) is 15.3. The van der Waals surface area contributed by atoms with Gasteiger partial charge in [-0.2, -0.15) is 0 Å². The van der Waals surface area contributed by atoms with E-state index in [0.29, 0.717) is 13.0 Å². The van der Waals surface area contributed by atoms with Crippen LogP contribution in [0.2, 0.25) is 0 Å². The summed E-state index contributed by atoms with van der Waals surface area (Å²) in [7, 11) is 1.55. The standard InChI is InChI=1S/C16H25NO3/c1-7-16(5,19-6)15(18)17-13-9-11(3)14(20-8-2)12(4)10-13/h9-10H,7-8H2,1-6H3,(H,17,18). The number of carbonyl (C=O) groups is 1. The van der Waals surface area contributed by atoms with E-state index in [2.05, 4.69) is 5.32 Å². The predicted molar refractivity (Wildman–Crippen MR) is 81.4 cm³/mol. The van der Waals surface area contributed by atoms with Gasteiger partial charge in [-0.25, -0.2) is 0 Å². The van der Waals surface area contributed by atoms with Crippen molar-refractivity contribution in [2.45, 2.75) is 46.6 Å². The molecule has 0 heterocycles. The SMILES string of the molecule is CCOc1c(C)cc(NC(=O)C(C)(CC)OC)cc1C. The van der Waals surface area contributed by atoms with Crippen LogP contribution in [0, 0.1) is 13.8 Å². The van der Waals surface area contributed by atoms with Crippen LogP contribution in [0.5, 0.6) is 5.75 Å². The maximum Gasteiger partial charge on any atom is 0.256 e. The number of ether oxygens (including phenoxy) is 2. The molecular weight excluding hydrogens is 254 g/mol. The van der Waals surface area contributed by atoms with Gasteiger partial charge in [0.2, 0.25) is 0 Å². The molecule has 1 unspecified atom stereocenters. The smallest absolute Gasteiger partial charge is 0.256 e. The number of aryl methyl sites for hydroxylation is 2. The Morgan fingerprint density at radius 1 is 1.25 bits per heavy atom. The van der Waals surface area contributed by atoms with Crippen molar-refractivity contribution in [1.29, 1.82) is 0 Å². The molecule has 0 spiro atoms. The fourth-order valence-corrected chi connectivity index (χ4v) is 2.06. The first-order valence-corrected chi connectivity index (χ1v) is 6.98. The first-order valence-electron chi connectivity index (χ1n) is 6.98. The summed E-state index contributed by atoms with van der Waals surface area (Å²) < 4.78 is 10.9. The summed E-state index contributed by atoms with van der Waals surface area (Å²) in [4.78, 5) is 12.3. The maximum absolute atomic E-state index is 12.3. The van der Waals surface area contributed by atoms with Gasteiger partial charge in [0.25, 0.3) is 5.91 Å². The van der Waals surface area contributed by atoms with E-state index < -0.39 is 5.60 Å². The Kier molecular flexibility index (Phi) is 5.57. The highest BCUT2D eigenvalue weighted by Crippen LogP contribution is 2.28. The third-order valence-electron chi connectivity index (χ3n) is 3.61. The molecule has 0 saturated carbocycles. The highest BCUT2D eigenvalue weighted by molar-refractivity contribution is 5.97. The molecule has 0 fully saturated rings. The summed E-state index contributed by atoms with van der Waals surface area (Å²) in [6, 6.07) is 3.84. The number of anilines is 1. The van der Waals surface area contributed by atoms with E-state index in [1.165, 1.54) is 0 Å². The van der Waals surface area contributed by atoms with Crippen molar-refractivity contribution in [3.63, 3.8) is 0 Å². The van der Waals surface area contributed by atoms with Gasteiger partial charge in [-0.1, -0.05) is 6.92 Å². The number of amides is 1. The molecule has 1 aromatic carbocycles. The van der Waals surface area contributed by atoms with E-state index in [4.69, 9.17) is 9.47 Å². The average Bonchev–Trinajstić information content (AvgIpc) is 2.41. The fourth-order valence-electron chi connectivity index (χ4n) is 2.06. The highest BCUT2D eigenvalue weighted by atomic mass is 16.5. The van der Waals surface area contributed by atoms with Gasteiger partial charge in [0.05, 0.1) is 6.61 Å². The van der Waals surface area contributed by atoms with Crippen LogP contribution >= 0.6 is 0 Å². The number of benzene rings is 1. The van der Waals surface area contributed by atoms with Gasteiger partial charge in [0.15, 0.2) is 0 Å². The quantitative estimate of drug-likeness (QED) is 0.867. The monoisotopic (exact) mass is 279 g/mol. The molecule has 0 aliphatic rings. The molecule has 1 rings (SSSR count). The Hall–Kier alpha value is -1.55. The second kappa shape index (κ2) is 6.75. The van der Waals surface area contributed by atoms with Gasteiger partial charge in [-0.3, -0.25) is 4.79 Å². The van der Waals surface area contributed by atoms with Crippen LogP contribution in [-0.4, -0.2) is 25.2 Å². The Balaban J connectivity index is 2.97. The molecule has 1 amide bonds. The second-order valence-corrected chi connectivity index (χ2v) is 5.11. The highest BCUT2D eigenvalue weighted by Gasteiger charge is 2.31. The number of carbonyl (C=O) groups excluding carboxylic acids is 1. The van der Waals surface area contributed by atoms with Crippen molar-refractivity contribution in [2.75, 3.05) is 19.0 Å². The zero-order valence-electron chi connectivity index (χ0n) is 13.3. The molecule has 0 radical (unpaired) electrons. The van der Waals surface area contributed by atoms with E-state index in [1.807, 2.05) is 39.8 Å². The first kappa shape index (κ1) is 16.5. The lowest BCUT2D eigenvalue weighted by atomic mass is 10.0. The number of rotatable bonds is 6. The summed E-state index contributed by atoms with van der Waals surface area (Å²) in [5.41, 5.74) is 1.99. The second-order valence-electron chi connectivity index (χ2n) is 5.11. The topological polar surface area (TPSA) is 47.6 Å². The minimum atomic E-state index is -0.805. The van der Waals surface area contributed by atoms with Crippen LogP contribution in [0.25, 0.3) is 0 Å². The molecule has 1 atom stereocenters. The fraction of sp³-hybridized carbons (Fsp3) is 0.562. The van der Waals surface area contributed by atoms with E-state index in [-0.39, 0.29) is 5.91 Å². The van der Waals surface area contributed by atoms with E-state index in [9.17, 15) is 4.79 Å². The van der Waals surface area contributed by atoms with Gasteiger partial charge < -0.3 is 14.8 Å². The van der Waals surface area contributed by atoms with Gasteiger partial charge >= 0.3 is 0 Å². The van der Waals surface area contributed by atoms with Gasteiger partial charge in [0, 0.05) is 12.8 Å². The number of methoxy groups -OCH3 is 1. The van der Waals surface area contributed by atoms with Crippen LogP contribution in [0.3, 0.4) is 0 Å². The summed E-state index contributed by atoms with van der Waals surface area (Å²) in [5, 5.41) is 2.92. The van der Waals surface area contributed by atoms with Crippen molar-refractivity contribution >= 4 is 11.6 Å². The normalized spacial score (nSPS) is 13.7. The van der Waals surface area contributed by atoms with Gasteiger partial charge in [0.1, 0.15) is 11.4 Å². The van der Waals surface area contributed by atoms with Crippen molar-refractivity contribution < 1.29 is 14.3 Å². The summed E-state index contributed by atoms with van der Waals surface area (Å²) in [6.07, 6.45) is 0.615. The number of hydrogen-bond donors (Lipinski definition) is 1. The molecule has 0 saturated heterocycles. The third kappa shape index (κ3) is 3.51. The molecule has 20 heavy (non-hydrogen) atoms. The predicted octanol–water partition coefficient (Wildman–Crippen LogP) is 3.46. The van der Waals surface area contributed by atoms with Crippen LogP contribution in [0.15, 0.2) is 12.1 Å². The van der Waals surface area contributed by atoms with Crippen LogP contribution < -0.4 is 10.1 Å². The summed E-state index contributed by atoms with van der Waals surface area (Å²) in [5.74, 6) is 0.751. The number of hydrogen-bond acceptors (Lipinski definition) is 3. The van der Waals surface area contributed by atoms with Crippen LogP contribution in [0.4, 0.5) is 5.69 Å². The van der Waals surface area contributed by atoms with E-state index in [1.54, 1.807) is 14.0 Å². The zero-order valence-corrected chi connectivity index (χ0v) is 13.3. The molecule has 112 valence electrons. The molecule has 1 N–H and O–H groups in total. The Labute approximate surface area is 121 Å². The lowest BCUT2D eigenvalue weighted by molar-refractivity contribution is -0.136. The van der Waals surface area contributed by atoms with Gasteiger partial charge in [-0.05, 0) is 57.4 Å². The van der Waals surface area contributed by atoms with Crippen molar-refractivity contribution in [1.82, 2.24) is 0 Å². The molecule has 1 aromatic rings. The Morgan fingerprint density at radius 2 is 1.80 bits per heavy atom. The van der Waals surface area contributed by atoms with Crippen molar-refractivity contribution in [2.24, 2.45) is 0 Å². The summed E-state index contributed by atoms with van der Waals surface area (Å²) >= 11 is 0.